The van der Waals surface area contributed by atoms with E-state index < -0.39 is 27.7 Å². The third-order valence-corrected chi connectivity index (χ3v) is 7.19. The van der Waals surface area contributed by atoms with E-state index >= 15 is 0 Å². The zero-order valence-corrected chi connectivity index (χ0v) is 20.5. The van der Waals surface area contributed by atoms with Crippen molar-refractivity contribution in [2.24, 2.45) is 0 Å². The molecule has 0 amide bonds. The highest BCUT2D eigenvalue weighted by Crippen LogP contribution is 2.31. The van der Waals surface area contributed by atoms with E-state index in [0.29, 0.717) is 10.9 Å². The summed E-state index contributed by atoms with van der Waals surface area (Å²) in [6, 6.07) is 18.2. The van der Waals surface area contributed by atoms with Crippen LogP contribution in [0.1, 0.15) is 16.7 Å². The van der Waals surface area contributed by atoms with Gasteiger partial charge in [-0.25, -0.2) is 18.0 Å². The lowest BCUT2D eigenvalue weighted by Crippen LogP contribution is -2.44. The number of carbonyl (C=O) groups is 1. The maximum Gasteiger partial charge on any atom is 0.336 e. The van der Waals surface area contributed by atoms with Crippen molar-refractivity contribution in [2.75, 3.05) is 0 Å². The van der Waals surface area contributed by atoms with Crippen molar-refractivity contribution in [3.8, 4) is 5.75 Å². The molecule has 4 rings (SSSR count). The second kappa shape index (κ2) is 10.0. The molecule has 0 saturated heterocycles. The summed E-state index contributed by atoms with van der Waals surface area (Å²) in [5.74, 6) is -0.911. The first-order valence-electron chi connectivity index (χ1n) is 10.7. The lowest BCUT2D eigenvalue weighted by molar-refractivity contribution is -0.136. The molecule has 0 aliphatic rings. The van der Waals surface area contributed by atoms with E-state index in [9.17, 15) is 18.0 Å². The molecule has 1 N–H and O–H groups in total. The van der Waals surface area contributed by atoms with Crippen LogP contribution in [0.15, 0.2) is 86.9 Å². The van der Waals surface area contributed by atoms with Crippen LogP contribution in [-0.4, -0.2) is 20.4 Å². The quantitative estimate of drug-likeness (QED) is 0.222. The maximum atomic E-state index is 13.2. The van der Waals surface area contributed by atoms with Gasteiger partial charge in [0.2, 0.25) is 10.0 Å². The Bertz CT molecular complexity index is 1550. The molecule has 180 valence electrons. The third kappa shape index (κ3) is 5.79. The lowest BCUT2D eigenvalue weighted by Gasteiger charge is -2.18. The van der Waals surface area contributed by atoms with Gasteiger partial charge < -0.3 is 9.15 Å². The summed E-state index contributed by atoms with van der Waals surface area (Å²) in [7, 11) is -4.03. The van der Waals surface area contributed by atoms with Crippen molar-refractivity contribution < 1.29 is 22.4 Å². The number of fused-ring (bicyclic) bond motifs is 1. The van der Waals surface area contributed by atoms with Crippen LogP contribution in [0, 0.1) is 13.8 Å². The van der Waals surface area contributed by atoms with Crippen molar-refractivity contribution in [3.63, 3.8) is 0 Å². The van der Waals surface area contributed by atoms with Gasteiger partial charge in [-0.3, -0.25) is 0 Å². The molecular weight excluding hydrogens is 490 g/mol. The van der Waals surface area contributed by atoms with Crippen molar-refractivity contribution in [1.82, 2.24) is 4.72 Å². The third-order valence-electron chi connectivity index (χ3n) is 5.41. The van der Waals surface area contributed by atoms with Crippen LogP contribution in [0.2, 0.25) is 5.02 Å². The summed E-state index contributed by atoms with van der Waals surface area (Å²) in [6.45, 7) is 3.58. The molecule has 1 atom stereocenters. The number of halogens is 1. The summed E-state index contributed by atoms with van der Waals surface area (Å²) in [4.78, 5) is 25.0. The molecule has 9 heteroatoms. The lowest BCUT2D eigenvalue weighted by atomic mass is 10.1. The number of sulfonamides is 1. The number of carbonyl (C=O) groups excluding carboxylic acids is 1. The number of nitrogens with one attached hydrogen (secondary N) is 1. The zero-order valence-electron chi connectivity index (χ0n) is 18.9. The number of hydrogen-bond donors (Lipinski definition) is 1. The fourth-order valence-electron chi connectivity index (χ4n) is 3.57. The van der Waals surface area contributed by atoms with Gasteiger partial charge in [-0.1, -0.05) is 59.6 Å². The summed E-state index contributed by atoms with van der Waals surface area (Å²) in [6.07, 6.45) is 0.0458. The van der Waals surface area contributed by atoms with E-state index in [4.69, 9.17) is 20.8 Å². The summed E-state index contributed by atoms with van der Waals surface area (Å²) >= 11 is 6.33. The van der Waals surface area contributed by atoms with Gasteiger partial charge in [-0.2, -0.15) is 4.72 Å². The number of hydrogen-bond acceptors (Lipinski definition) is 6. The van der Waals surface area contributed by atoms with Crippen LogP contribution < -0.4 is 15.1 Å². The molecule has 4 aromatic rings. The largest absolute Gasteiger partial charge is 0.424 e. The van der Waals surface area contributed by atoms with Gasteiger partial charge in [0.1, 0.15) is 11.6 Å². The van der Waals surface area contributed by atoms with Gasteiger partial charge in [-0.05, 0) is 49.6 Å². The van der Waals surface area contributed by atoms with Crippen LogP contribution in [0.3, 0.4) is 0 Å². The van der Waals surface area contributed by atoms with Gasteiger partial charge >= 0.3 is 11.6 Å². The molecule has 7 nitrogen and oxygen atoms in total. The molecule has 0 aliphatic carbocycles. The molecule has 0 aliphatic heterocycles. The second-order valence-corrected chi connectivity index (χ2v) is 10.2. The zero-order chi connectivity index (χ0) is 25.2. The predicted octanol–water partition coefficient (Wildman–Crippen LogP) is 4.56. The Labute approximate surface area is 207 Å². The van der Waals surface area contributed by atoms with Crippen LogP contribution in [0.4, 0.5) is 0 Å². The van der Waals surface area contributed by atoms with Crippen LogP contribution >= 0.6 is 11.6 Å². The normalized spacial score (nSPS) is 12.4. The summed E-state index contributed by atoms with van der Waals surface area (Å²) < 4.78 is 39.2. The average Bonchev–Trinajstić information content (AvgIpc) is 2.80. The molecule has 0 radical (unpaired) electrons. The fourth-order valence-corrected chi connectivity index (χ4v) is 4.96. The molecular formula is C26H22ClNO6S. The van der Waals surface area contributed by atoms with Gasteiger partial charge in [0.05, 0.1) is 9.92 Å². The number of ether oxygens (including phenoxy) is 1. The molecule has 1 aromatic heterocycles. The predicted molar refractivity (Wildman–Crippen MR) is 133 cm³/mol. The van der Waals surface area contributed by atoms with Crippen molar-refractivity contribution in [2.45, 2.75) is 31.2 Å². The van der Waals surface area contributed by atoms with Crippen LogP contribution in [0.25, 0.3) is 11.0 Å². The van der Waals surface area contributed by atoms with E-state index in [1.54, 1.807) is 43.3 Å². The van der Waals surface area contributed by atoms with Crippen LogP contribution in [0.5, 0.6) is 5.75 Å². The second-order valence-electron chi connectivity index (χ2n) is 8.12. The minimum Gasteiger partial charge on any atom is -0.424 e. The van der Waals surface area contributed by atoms with Crippen LogP contribution in [-0.2, 0) is 21.2 Å². The highest BCUT2D eigenvalue weighted by molar-refractivity contribution is 7.89. The Kier molecular flexibility index (Phi) is 7.07. The number of rotatable bonds is 7. The monoisotopic (exact) mass is 511 g/mol. The Morgan fingerprint density at radius 3 is 2.40 bits per heavy atom. The molecule has 35 heavy (non-hydrogen) atoms. The van der Waals surface area contributed by atoms with E-state index in [1.165, 1.54) is 30.3 Å². The Morgan fingerprint density at radius 1 is 1.03 bits per heavy atom. The molecule has 3 aromatic carbocycles. The molecule has 0 spiro atoms. The molecule has 0 fully saturated rings. The molecule has 0 unspecified atom stereocenters. The summed E-state index contributed by atoms with van der Waals surface area (Å²) in [5.41, 5.74) is 1.93. The highest BCUT2D eigenvalue weighted by Gasteiger charge is 2.28. The fraction of sp³-hybridized carbons (Fsp3) is 0.154. The number of esters is 1. The minimum atomic E-state index is -4.03. The van der Waals surface area contributed by atoms with Crippen molar-refractivity contribution in [1.29, 1.82) is 0 Å². The SMILES string of the molecule is Cc1ccc(S(=O)(=O)N[C@H](Cc2ccccc2)C(=O)Oc2cc3oc(=O)cc(C)c3cc2Cl)cc1. The van der Waals surface area contributed by atoms with Gasteiger partial charge in [0, 0.05) is 17.5 Å². The maximum absolute atomic E-state index is 13.2. The van der Waals surface area contributed by atoms with Gasteiger partial charge in [-0.15, -0.1) is 0 Å². The molecule has 0 saturated carbocycles. The highest BCUT2D eigenvalue weighted by atomic mass is 35.5. The Hall–Kier alpha value is -3.46. The first-order chi connectivity index (χ1) is 16.6. The van der Waals surface area contributed by atoms with Gasteiger partial charge in [0.25, 0.3) is 0 Å². The standard InChI is InChI=1S/C26H22ClNO6S/c1-16-8-10-19(11-9-16)35(31,32)28-22(13-18-6-4-3-5-7-18)26(30)34-24-15-23-20(14-21(24)27)17(2)12-25(29)33-23/h3-12,14-15,22,28H,13H2,1-2H3/t22-/m1/s1. The number of aryl methyl sites for hydroxylation is 2. The minimum absolute atomic E-state index is 0.0231. The summed E-state index contributed by atoms with van der Waals surface area (Å²) in [5, 5.41) is 0.706. The van der Waals surface area contributed by atoms with E-state index in [1.807, 2.05) is 13.0 Å². The Balaban J connectivity index is 1.66. The van der Waals surface area contributed by atoms with E-state index in [0.717, 1.165) is 11.1 Å². The van der Waals surface area contributed by atoms with E-state index in [-0.39, 0.29) is 27.7 Å². The molecule has 1 heterocycles. The van der Waals surface area contributed by atoms with Crippen molar-refractivity contribution >= 4 is 38.6 Å². The first-order valence-corrected chi connectivity index (χ1v) is 12.6. The van der Waals surface area contributed by atoms with E-state index in [2.05, 4.69) is 4.72 Å². The smallest absolute Gasteiger partial charge is 0.336 e. The van der Waals surface area contributed by atoms with Crippen molar-refractivity contribution in [3.05, 3.63) is 105 Å². The average molecular weight is 512 g/mol. The number of benzene rings is 3. The first kappa shape index (κ1) is 24.7. The van der Waals surface area contributed by atoms with Gasteiger partial charge in [0.15, 0.2) is 5.75 Å². The topological polar surface area (TPSA) is 103 Å². The molecule has 0 bridgehead atoms. The Morgan fingerprint density at radius 2 is 1.71 bits per heavy atom.